The van der Waals surface area contributed by atoms with Crippen LogP contribution < -0.4 is 21.1 Å². The summed E-state index contributed by atoms with van der Waals surface area (Å²) >= 11 is 0. The Morgan fingerprint density at radius 2 is 1.96 bits per heavy atom. The molecule has 0 spiro atoms. The van der Waals surface area contributed by atoms with Gasteiger partial charge in [-0.2, -0.15) is 0 Å². The zero-order chi connectivity index (χ0) is 17.6. The molecule has 1 atom stereocenters. The first-order valence-electron chi connectivity index (χ1n) is 8.31. The third-order valence-corrected chi connectivity index (χ3v) is 4.00. The van der Waals surface area contributed by atoms with Gasteiger partial charge in [-0.3, -0.25) is 9.59 Å². The number of para-hydroxylation sites is 1. The van der Waals surface area contributed by atoms with E-state index in [0.717, 1.165) is 17.7 Å². The van der Waals surface area contributed by atoms with Gasteiger partial charge in [0.25, 0.3) is 11.8 Å². The number of carbonyl (C=O) groups excluding carboxylic acids is 2. The molecular formula is C19H22ClN3O3. The molecule has 0 saturated carbocycles. The van der Waals surface area contributed by atoms with Gasteiger partial charge >= 0.3 is 0 Å². The molecule has 7 heteroatoms. The van der Waals surface area contributed by atoms with Crippen molar-refractivity contribution in [2.45, 2.75) is 18.9 Å². The maximum atomic E-state index is 12.4. The summed E-state index contributed by atoms with van der Waals surface area (Å²) in [5.41, 5.74) is 7.49. The van der Waals surface area contributed by atoms with Crippen molar-refractivity contribution in [2.24, 2.45) is 5.73 Å². The molecule has 1 aliphatic rings. The number of fused-ring (bicyclic) bond motifs is 1. The van der Waals surface area contributed by atoms with Gasteiger partial charge in [-0.25, -0.2) is 0 Å². The fourth-order valence-corrected chi connectivity index (χ4v) is 2.70. The number of amides is 2. The summed E-state index contributed by atoms with van der Waals surface area (Å²) in [6.45, 7) is 1.06. The van der Waals surface area contributed by atoms with Crippen molar-refractivity contribution in [1.29, 1.82) is 0 Å². The van der Waals surface area contributed by atoms with Crippen molar-refractivity contribution in [3.8, 4) is 5.75 Å². The van der Waals surface area contributed by atoms with E-state index in [9.17, 15) is 9.59 Å². The van der Waals surface area contributed by atoms with E-state index in [1.165, 1.54) is 0 Å². The third-order valence-electron chi connectivity index (χ3n) is 4.00. The van der Waals surface area contributed by atoms with Crippen LogP contribution in [0.25, 0.3) is 0 Å². The molecule has 0 saturated heterocycles. The van der Waals surface area contributed by atoms with Gasteiger partial charge in [0, 0.05) is 24.2 Å². The second-order valence-corrected chi connectivity index (χ2v) is 5.89. The molecule has 26 heavy (non-hydrogen) atoms. The second kappa shape index (κ2) is 9.22. The highest BCUT2D eigenvalue weighted by atomic mass is 35.5. The fraction of sp³-hybridized carbons (Fsp3) is 0.263. The molecule has 6 nitrogen and oxygen atoms in total. The summed E-state index contributed by atoms with van der Waals surface area (Å²) in [4.78, 5) is 24.5. The number of nitrogens with one attached hydrogen (secondary N) is 2. The highest BCUT2D eigenvalue weighted by Gasteiger charge is 2.28. The highest BCUT2D eigenvalue weighted by Crippen LogP contribution is 2.28. The average Bonchev–Trinajstić information content (AvgIpc) is 3.06. The Labute approximate surface area is 158 Å². The van der Waals surface area contributed by atoms with E-state index >= 15 is 0 Å². The van der Waals surface area contributed by atoms with E-state index < -0.39 is 6.10 Å². The quantitative estimate of drug-likeness (QED) is 0.674. The number of rotatable bonds is 6. The van der Waals surface area contributed by atoms with Gasteiger partial charge < -0.3 is 21.1 Å². The summed E-state index contributed by atoms with van der Waals surface area (Å²) < 4.78 is 5.68. The van der Waals surface area contributed by atoms with Gasteiger partial charge in [0.15, 0.2) is 6.10 Å². The first-order chi connectivity index (χ1) is 12.2. The van der Waals surface area contributed by atoms with Crippen LogP contribution in [0.3, 0.4) is 0 Å². The van der Waals surface area contributed by atoms with Crippen LogP contribution in [-0.2, 0) is 11.2 Å². The average molecular weight is 376 g/mol. The fourth-order valence-electron chi connectivity index (χ4n) is 2.70. The Hall–Kier alpha value is -2.57. The van der Waals surface area contributed by atoms with Crippen molar-refractivity contribution in [3.63, 3.8) is 0 Å². The van der Waals surface area contributed by atoms with Gasteiger partial charge in [-0.1, -0.05) is 24.3 Å². The second-order valence-electron chi connectivity index (χ2n) is 5.89. The lowest BCUT2D eigenvalue weighted by Crippen LogP contribution is -2.31. The predicted molar refractivity (Wildman–Crippen MR) is 103 cm³/mol. The van der Waals surface area contributed by atoms with Crippen LogP contribution in [0.15, 0.2) is 48.5 Å². The SMILES string of the molecule is Cl.NCCCNC(=O)c1cccc(NC(=O)C2Cc3ccccc3O2)c1. The zero-order valence-electron chi connectivity index (χ0n) is 14.2. The number of anilines is 1. The first kappa shape index (κ1) is 19.8. The Kier molecular flexibility index (Phi) is 7.00. The Morgan fingerprint density at radius 1 is 1.15 bits per heavy atom. The number of nitrogens with two attached hydrogens (primary N) is 1. The van der Waals surface area contributed by atoms with E-state index in [2.05, 4.69) is 10.6 Å². The minimum atomic E-state index is -0.556. The largest absolute Gasteiger partial charge is 0.480 e. The zero-order valence-corrected chi connectivity index (χ0v) is 15.1. The van der Waals surface area contributed by atoms with Gasteiger partial charge in [0.05, 0.1) is 0 Å². The summed E-state index contributed by atoms with van der Waals surface area (Å²) in [5.74, 6) is 0.335. The lowest BCUT2D eigenvalue weighted by atomic mass is 10.1. The minimum absolute atomic E-state index is 0. The molecule has 4 N–H and O–H groups in total. The summed E-state index contributed by atoms with van der Waals surface area (Å²) in [5, 5.41) is 5.61. The minimum Gasteiger partial charge on any atom is -0.480 e. The molecule has 3 rings (SSSR count). The molecule has 0 fully saturated rings. The van der Waals surface area contributed by atoms with Crippen molar-refractivity contribution < 1.29 is 14.3 Å². The molecule has 0 bridgehead atoms. The third kappa shape index (κ3) is 4.74. The van der Waals surface area contributed by atoms with Crippen molar-refractivity contribution in [1.82, 2.24) is 5.32 Å². The van der Waals surface area contributed by atoms with E-state index in [1.54, 1.807) is 24.3 Å². The Bertz CT molecular complexity index is 757. The van der Waals surface area contributed by atoms with Crippen LogP contribution in [0.4, 0.5) is 5.69 Å². The van der Waals surface area contributed by atoms with Crippen LogP contribution in [0.2, 0.25) is 0 Å². The molecule has 2 aromatic rings. The molecule has 2 aromatic carbocycles. The molecule has 1 aliphatic heterocycles. The standard InChI is InChI=1S/C19H21N3O3.ClH/c20-9-4-10-21-18(23)14-6-3-7-15(11-14)22-19(24)17-12-13-5-1-2-8-16(13)25-17;/h1-3,5-8,11,17H,4,9-10,12,20H2,(H,21,23)(H,22,24);1H. The monoisotopic (exact) mass is 375 g/mol. The molecule has 1 unspecified atom stereocenters. The number of benzene rings is 2. The normalized spacial score (nSPS) is 14.6. The molecule has 1 heterocycles. The van der Waals surface area contributed by atoms with E-state index in [1.807, 2.05) is 24.3 Å². The van der Waals surface area contributed by atoms with E-state index in [0.29, 0.717) is 30.8 Å². The Morgan fingerprint density at radius 3 is 2.73 bits per heavy atom. The topological polar surface area (TPSA) is 93.5 Å². The van der Waals surface area contributed by atoms with Crippen molar-refractivity contribution in [2.75, 3.05) is 18.4 Å². The number of hydrogen-bond donors (Lipinski definition) is 3. The molecule has 2 amide bonds. The molecule has 0 aliphatic carbocycles. The number of halogens is 1. The van der Waals surface area contributed by atoms with Gasteiger partial charge in [0.2, 0.25) is 0 Å². The van der Waals surface area contributed by atoms with Gasteiger partial charge in [-0.05, 0) is 42.8 Å². The van der Waals surface area contributed by atoms with Crippen LogP contribution in [-0.4, -0.2) is 31.0 Å². The Balaban J connectivity index is 0.00000243. The molecule has 138 valence electrons. The number of ether oxygens (including phenoxy) is 1. The first-order valence-corrected chi connectivity index (χ1v) is 8.31. The highest BCUT2D eigenvalue weighted by molar-refractivity contribution is 5.98. The summed E-state index contributed by atoms with van der Waals surface area (Å²) in [7, 11) is 0. The van der Waals surface area contributed by atoms with Crippen LogP contribution in [0, 0.1) is 0 Å². The van der Waals surface area contributed by atoms with Gasteiger partial charge in [0.1, 0.15) is 5.75 Å². The maximum Gasteiger partial charge on any atom is 0.265 e. The van der Waals surface area contributed by atoms with Crippen molar-refractivity contribution >= 4 is 29.9 Å². The smallest absolute Gasteiger partial charge is 0.265 e. The molecule has 0 radical (unpaired) electrons. The lowest BCUT2D eigenvalue weighted by molar-refractivity contribution is -0.122. The van der Waals surface area contributed by atoms with Crippen LogP contribution in [0.5, 0.6) is 5.75 Å². The van der Waals surface area contributed by atoms with Crippen LogP contribution in [0.1, 0.15) is 22.3 Å². The molecular weight excluding hydrogens is 354 g/mol. The summed E-state index contributed by atoms with van der Waals surface area (Å²) in [6, 6.07) is 14.5. The maximum absolute atomic E-state index is 12.4. The van der Waals surface area contributed by atoms with E-state index in [4.69, 9.17) is 10.5 Å². The number of hydrogen-bond acceptors (Lipinski definition) is 4. The van der Waals surface area contributed by atoms with Gasteiger partial charge in [-0.15, -0.1) is 12.4 Å². The number of carbonyl (C=O) groups is 2. The molecule has 0 aromatic heterocycles. The lowest BCUT2D eigenvalue weighted by Gasteiger charge is -2.12. The van der Waals surface area contributed by atoms with Crippen molar-refractivity contribution in [3.05, 3.63) is 59.7 Å². The van der Waals surface area contributed by atoms with E-state index in [-0.39, 0.29) is 24.2 Å². The summed E-state index contributed by atoms with van der Waals surface area (Å²) in [6.07, 6.45) is 0.711. The predicted octanol–water partition coefficient (Wildman–Crippen LogP) is 2.13. The van der Waals surface area contributed by atoms with Crippen LogP contribution >= 0.6 is 12.4 Å².